The molecular weight excluding hydrogens is 987 g/mol. The molecule has 0 heterocycles. The van der Waals surface area contributed by atoms with E-state index in [1.165, 1.54) is 0 Å². The van der Waals surface area contributed by atoms with Crippen molar-refractivity contribution in [1.29, 1.82) is 0 Å². The van der Waals surface area contributed by atoms with Crippen LogP contribution in [0.1, 0.15) is 142 Å². The summed E-state index contributed by atoms with van der Waals surface area (Å²) in [5, 5.41) is 30.1. The molecule has 0 saturated heterocycles. The number of phosphoric ester groups is 2. The highest BCUT2D eigenvalue weighted by Gasteiger charge is 2.28. The maximum atomic E-state index is 12.2. The Balaban J connectivity index is 3.99. The van der Waals surface area contributed by atoms with Gasteiger partial charge >= 0.3 is 27.6 Å². The lowest BCUT2D eigenvalue weighted by Gasteiger charge is -2.19. The summed E-state index contributed by atoms with van der Waals surface area (Å²) in [4.78, 5) is 43.9. The number of unbranched alkanes of at least 4 members (excludes halogenated alkanes) is 4. The van der Waals surface area contributed by atoms with Crippen LogP contribution in [0.15, 0.2) is 146 Å². The van der Waals surface area contributed by atoms with E-state index in [0.717, 1.165) is 103 Å². The van der Waals surface area contributed by atoms with Crippen LogP contribution in [0.4, 0.5) is 0 Å². The van der Waals surface area contributed by atoms with Crippen molar-refractivity contribution >= 4 is 27.6 Å². The molecule has 0 aliphatic carbocycles. The largest absolute Gasteiger partial charge is 0.472 e. The number of aliphatic hydroxyl groups is 3. The summed E-state index contributed by atoms with van der Waals surface area (Å²) >= 11 is 0. The monoisotopic (exact) mass is 1080 g/mol. The van der Waals surface area contributed by atoms with Crippen LogP contribution in [0.3, 0.4) is 0 Å². The van der Waals surface area contributed by atoms with E-state index in [-0.39, 0.29) is 12.8 Å². The van der Waals surface area contributed by atoms with Gasteiger partial charge in [0.15, 0.2) is 0 Å². The summed E-state index contributed by atoms with van der Waals surface area (Å²) in [7, 11) is -9.63. The quantitative estimate of drug-likeness (QED) is 0.0165. The molecule has 0 spiro atoms. The number of hydrogen-bond acceptors (Lipinski definition) is 13. The Hall–Kier alpha value is -4.08. The summed E-state index contributed by atoms with van der Waals surface area (Å²) in [6.07, 6.45) is 62.6. The van der Waals surface area contributed by atoms with E-state index >= 15 is 0 Å². The lowest BCUT2D eigenvalue weighted by atomic mass is 10.2. The van der Waals surface area contributed by atoms with Crippen molar-refractivity contribution in [2.75, 3.05) is 39.6 Å². The highest BCUT2D eigenvalue weighted by molar-refractivity contribution is 7.47. The van der Waals surface area contributed by atoms with Crippen LogP contribution in [0.25, 0.3) is 0 Å². The molecule has 5 N–H and O–H groups in total. The number of carbonyl (C=O) groups is 2. The van der Waals surface area contributed by atoms with Crippen LogP contribution in [-0.2, 0) is 46.3 Å². The molecule has 4 atom stereocenters. The van der Waals surface area contributed by atoms with E-state index in [1.807, 2.05) is 0 Å². The van der Waals surface area contributed by atoms with Crippen molar-refractivity contribution in [3.05, 3.63) is 146 Å². The van der Waals surface area contributed by atoms with Gasteiger partial charge in [-0.2, -0.15) is 0 Å². The summed E-state index contributed by atoms with van der Waals surface area (Å²) < 4.78 is 53.0. The van der Waals surface area contributed by atoms with Gasteiger partial charge in [0.1, 0.15) is 31.5 Å². The Bertz CT molecular complexity index is 1740. The van der Waals surface area contributed by atoms with Crippen LogP contribution in [0.5, 0.6) is 0 Å². The van der Waals surface area contributed by atoms with Gasteiger partial charge < -0.3 is 34.6 Å². The molecule has 0 aromatic carbocycles. The molecule has 0 rings (SSSR count). The van der Waals surface area contributed by atoms with E-state index in [1.54, 1.807) is 0 Å². The van der Waals surface area contributed by atoms with Crippen molar-refractivity contribution in [2.45, 2.75) is 161 Å². The highest BCUT2D eigenvalue weighted by atomic mass is 31.2. The third-order valence-corrected chi connectivity index (χ3v) is 11.7. The van der Waals surface area contributed by atoms with Crippen LogP contribution in [-0.4, -0.2) is 95.0 Å². The van der Waals surface area contributed by atoms with Crippen molar-refractivity contribution in [2.24, 2.45) is 0 Å². The molecule has 17 heteroatoms. The molecule has 0 amide bonds. The van der Waals surface area contributed by atoms with E-state index in [0.29, 0.717) is 12.8 Å². The van der Waals surface area contributed by atoms with Crippen molar-refractivity contribution < 1.29 is 71.4 Å². The first-order valence-electron chi connectivity index (χ1n) is 26.2. The summed E-state index contributed by atoms with van der Waals surface area (Å²) in [6, 6.07) is 0. The average Bonchev–Trinajstić information content (AvgIpc) is 3.38. The molecule has 0 radical (unpaired) electrons. The molecule has 0 fully saturated rings. The van der Waals surface area contributed by atoms with Crippen molar-refractivity contribution in [1.82, 2.24) is 0 Å². The molecule has 418 valence electrons. The van der Waals surface area contributed by atoms with E-state index < -0.39 is 85.5 Å². The zero-order valence-electron chi connectivity index (χ0n) is 44.2. The number of ether oxygens (including phenoxy) is 2. The number of phosphoric acid groups is 2. The van der Waals surface area contributed by atoms with Gasteiger partial charge in [-0.3, -0.25) is 27.7 Å². The zero-order valence-corrected chi connectivity index (χ0v) is 46.0. The minimum absolute atomic E-state index is 0.132. The second-order valence-corrected chi connectivity index (χ2v) is 19.7. The van der Waals surface area contributed by atoms with Gasteiger partial charge in [0, 0.05) is 12.8 Å². The summed E-state index contributed by atoms with van der Waals surface area (Å²) in [5.74, 6) is -1.09. The normalized spacial score (nSPS) is 15.9. The first-order chi connectivity index (χ1) is 35.8. The molecule has 4 unspecified atom stereocenters. The molecule has 0 aromatic rings. The second kappa shape index (κ2) is 51.0. The number of rotatable bonds is 48. The minimum atomic E-state index is -4.81. The first-order valence-corrected chi connectivity index (χ1v) is 29.2. The molecule has 0 aromatic heterocycles. The maximum absolute atomic E-state index is 12.2. The third kappa shape index (κ3) is 52.8. The average molecular weight is 1080 g/mol. The van der Waals surface area contributed by atoms with Gasteiger partial charge in [0.2, 0.25) is 0 Å². The second-order valence-electron chi connectivity index (χ2n) is 16.8. The van der Waals surface area contributed by atoms with Gasteiger partial charge in [-0.05, 0) is 116 Å². The fraction of sp³-hybridized carbons (Fsp3) is 0.544. The number of hydrogen-bond donors (Lipinski definition) is 5. The Morgan fingerprint density at radius 3 is 0.811 bits per heavy atom. The van der Waals surface area contributed by atoms with Crippen molar-refractivity contribution in [3.63, 3.8) is 0 Å². The Labute approximate surface area is 443 Å². The van der Waals surface area contributed by atoms with Crippen LogP contribution in [0, 0.1) is 0 Å². The molecular formula is C57H90O15P2. The van der Waals surface area contributed by atoms with Crippen LogP contribution < -0.4 is 0 Å². The third-order valence-electron chi connectivity index (χ3n) is 9.79. The Morgan fingerprint density at radius 2 is 0.568 bits per heavy atom. The van der Waals surface area contributed by atoms with Crippen LogP contribution in [0.2, 0.25) is 0 Å². The van der Waals surface area contributed by atoms with Crippen molar-refractivity contribution in [3.8, 4) is 0 Å². The number of esters is 2. The predicted octanol–water partition coefficient (Wildman–Crippen LogP) is 12.9. The molecule has 0 saturated carbocycles. The van der Waals surface area contributed by atoms with Gasteiger partial charge in [0.05, 0.1) is 26.4 Å². The summed E-state index contributed by atoms with van der Waals surface area (Å²) in [5.41, 5.74) is 0. The number of carbonyl (C=O) groups excluding carboxylic acids is 2. The minimum Gasteiger partial charge on any atom is -0.463 e. The number of aliphatic hydroxyl groups excluding tert-OH is 3. The summed E-state index contributed by atoms with van der Waals surface area (Å²) in [6.45, 7) is 0.0509. The Morgan fingerprint density at radius 1 is 0.351 bits per heavy atom. The first kappa shape index (κ1) is 69.9. The lowest BCUT2D eigenvalue weighted by Crippen LogP contribution is -2.25. The molecule has 0 bridgehead atoms. The smallest absolute Gasteiger partial charge is 0.463 e. The van der Waals surface area contributed by atoms with E-state index in [4.69, 9.17) is 9.47 Å². The number of allylic oxidation sites excluding steroid dienone is 24. The topological polar surface area (TPSA) is 225 Å². The van der Waals surface area contributed by atoms with Gasteiger partial charge in [0.25, 0.3) is 0 Å². The lowest BCUT2D eigenvalue weighted by molar-refractivity contribution is -0.148. The van der Waals surface area contributed by atoms with E-state index in [9.17, 15) is 43.8 Å². The maximum Gasteiger partial charge on any atom is 0.472 e. The fourth-order valence-electron chi connectivity index (χ4n) is 5.80. The van der Waals surface area contributed by atoms with Gasteiger partial charge in [-0.1, -0.05) is 160 Å². The highest BCUT2D eigenvalue weighted by Crippen LogP contribution is 2.45. The Kier molecular flexibility index (Phi) is 48.2. The van der Waals surface area contributed by atoms with Crippen LogP contribution >= 0.6 is 15.6 Å². The predicted molar refractivity (Wildman–Crippen MR) is 297 cm³/mol. The molecule has 15 nitrogen and oxygen atoms in total. The zero-order chi connectivity index (χ0) is 54.5. The molecule has 0 aliphatic rings. The van der Waals surface area contributed by atoms with Gasteiger partial charge in [-0.15, -0.1) is 0 Å². The van der Waals surface area contributed by atoms with E-state index in [2.05, 4.69) is 178 Å². The SMILES string of the molecule is CC/C=C\C/C=C\C/C=C\C/C=C\C/C=C\C/C=C\CCCCC(=O)OCC(O)COP(=O)(O)OCC(O)COP(=O)(O)OCC(O)COC(=O)CCCC/C=C\C/C=C\C/C=C\C/C=C\C/C=C\C/C=C\CC. The fourth-order valence-corrected chi connectivity index (χ4v) is 7.40. The standard InChI is InChI=1S/C57H90O15P2/c1-3-5-7-9-11-13-15-17-19-21-23-25-27-29-31-33-35-37-39-41-43-45-56(61)67-47-53(58)49-69-73(63,64)71-51-55(60)52-72-74(65,66)70-50-54(59)48-68-57(62)46-44-42-40-38-36-34-32-30-28-26-24-22-20-18-16-14-12-10-8-6-4-2/h5-8,11-14,17-20,23-26,29-32,35-38,53-55,58-60H,3-4,9-10,15-16,21-22,27-28,33-34,39-52H2,1-2H3,(H,63,64)(H,65,66)/b7-5-,8-6-,13-11-,14-12-,19-17-,20-18-,25-23-,26-24-,31-29-,32-30-,37-35-,38-36-. The van der Waals surface area contributed by atoms with Gasteiger partial charge in [-0.25, -0.2) is 9.13 Å². The molecule has 74 heavy (non-hydrogen) atoms. The molecule has 0 aliphatic heterocycles.